The van der Waals surface area contributed by atoms with E-state index in [4.69, 9.17) is 4.42 Å². The molecule has 24 heavy (non-hydrogen) atoms. The van der Waals surface area contributed by atoms with E-state index in [1.54, 1.807) is 0 Å². The maximum Gasteiger partial charge on any atom is 0.326 e. The molecule has 1 heterocycles. The molecular weight excluding hydrogens is 336 g/mol. The zero-order valence-corrected chi connectivity index (χ0v) is 15.3. The second-order valence-electron chi connectivity index (χ2n) is 6.87. The van der Waals surface area contributed by atoms with E-state index in [-0.39, 0.29) is 22.7 Å². The van der Waals surface area contributed by atoms with E-state index in [1.165, 1.54) is 20.2 Å². The number of rotatable bonds is 7. The molecule has 136 valence electrons. The highest BCUT2D eigenvalue weighted by atomic mass is 32.2. The van der Waals surface area contributed by atoms with Gasteiger partial charge in [-0.05, 0) is 30.4 Å². The lowest BCUT2D eigenvalue weighted by molar-refractivity contribution is -0.139. The summed E-state index contributed by atoms with van der Waals surface area (Å²) in [7, 11) is -1.12. The Morgan fingerprint density at radius 1 is 1.29 bits per heavy atom. The zero-order chi connectivity index (χ0) is 18.7. The predicted octanol–water partition coefficient (Wildman–Crippen LogP) is 1.54. The summed E-state index contributed by atoms with van der Waals surface area (Å²) in [6.45, 7) is 5.91. The van der Waals surface area contributed by atoms with Crippen LogP contribution >= 0.6 is 0 Å². The molecule has 0 bridgehead atoms. The van der Waals surface area contributed by atoms with Crippen LogP contribution < -0.4 is 5.32 Å². The van der Waals surface area contributed by atoms with Crippen molar-refractivity contribution in [3.05, 3.63) is 17.9 Å². The van der Waals surface area contributed by atoms with Gasteiger partial charge in [-0.25, -0.2) is 17.5 Å². The first kappa shape index (κ1) is 20.2. The van der Waals surface area contributed by atoms with Gasteiger partial charge in [-0.3, -0.25) is 4.79 Å². The van der Waals surface area contributed by atoms with Crippen molar-refractivity contribution in [2.24, 2.45) is 5.41 Å². The van der Waals surface area contributed by atoms with Crippen LogP contribution in [0.4, 0.5) is 0 Å². The summed E-state index contributed by atoms with van der Waals surface area (Å²) < 4.78 is 29.9. The van der Waals surface area contributed by atoms with Crippen LogP contribution in [0.3, 0.4) is 0 Å². The van der Waals surface area contributed by atoms with Crippen LogP contribution in [0.25, 0.3) is 0 Å². The van der Waals surface area contributed by atoms with Crippen molar-refractivity contribution < 1.29 is 27.5 Å². The summed E-state index contributed by atoms with van der Waals surface area (Å²) >= 11 is 0. The molecule has 0 spiro atoms. The summed E-state index contributed by atoms with van der Waals surface area (Å²) in [5.74, 6) is -2.17. The molecule has 1 atom stereocenters. The molecule has 0 aliphatic rings. The maximum absolute atomic E-state index is 12.1. The molecule has 9 heteroatoms. The Bertz CT molecular complexity index is 700. The van der Waals surface area contributed by atoms with Crippen LogP contribution in [0, 0.1) is 5.41 Å². The number of sulfonamides is 1. The summed E-state index contributed by atoms with van der Waals surface area (Å²) in [6.07, 6.45) is 0.858. The molecule has 1 aromatic rings. The fourth-order valence-electron chi connectivity index (χ4n) is 1.82. The fraction of sp³-hybridized carbons (Fsp3) is 0.600. The monoisotopic (exact) mass is 360 g/mol. The third kappa shape index (κ3) is 5.34. The second-order valence-corrected chi connectivity index (χ2v) is 8.95. The van der Waals surface area contributed by atoms with Gasteiger partial charge in [0.25, 0.3) is 15.9 Å². The molecule has 1 aromatic heterocycles. The molecule has 0 aliphatic heterocycles. The summed E-state index contributed by atoms with van der Waals surface area (Å²) in [5, 5.41) is 11.2. The third-order valence-electron chi connectivity index (χ3n) is 3.33. The number of furan rings is 1. The Kier molecular flexibility index (Phi) is 6.18. The SMILES string of the molecule is CN(C)S(=O)(=O)c1ccc(C(=O)NC(CCC(C)(C)C)C(=O)O)o1. The van der Waals surface area contributed by atoms with Crippen molar-refractivity contribution in [2.45, 2.75) is 44.7 Å². The van der Waals surface area contributed by atoms with Crippen LogP contribution in [-0.4, -0.2) is 49.8 Å². The Balaban J connectivity index is 2.86. The largest absolute Gasteiger partial charge is 0.480 e. The van der Waals surface area contributed by atoms with Gasteiger partial charge < -0.3 is 14.8 Å². The number of nitrogens with zero attached hydrogens (tertiary/aromatic N) is 1. The predicted molar refractivity (Wildman–Crippen MR) is 87.2 cm³/mol. The molecule has 0 fully saturated rings. The molecular formula is C15H24N2O6S. The number of carboxylic acids is 1. The topological polar surface area (TPSA) is 117 Å². The van der Waals surface area contributed by atoms with E-state index in [0.717, 1.165) is 10.4 Å². The van der Waals surface area contributed by atoms with Gasteiger partial charge in [0.05, 0.1) is 0 Å². The van der Waals surface area contributed by atoms with Crippen LogP contribution in [0.2, 0.25) is 0 Å². The zero-order valence-electron chi connectivity index (χ0n) is 14.5. The van der Waals surface area contributed by atoms with Gasteiger partial charge in [0, 0.05) is 14.1 Å². The highest BCUT2D eigenvalue weighted by Gasteiger charge is 2.27. The van der Waals surface area contributed by atoms with Gasteiger partial charge in [-0.15, -0.1) is 0 Å². The van der Waals surface area contributed by atoms with Crippen molar-refractivity contribution in [1.82, 2.24) is 9.62 Å². The van der Waals surface area contributed by atoms with Crippen molar-refractivity contribution in [3.63, 3.8) is 0 Å². The molecule has 1 rings (SSSR count). The molecule has 8 nitrogen and oxygen atoms in total. The Morgan fingerprint density at radius 2 is 1.88 bits per heavy atom. The Hall–Kier alpha value is -1.87. The number of carbonyl (C=O) groups is 2. The molecule has 0 radical (unpaired) electrons. The van der Waals surface area contributed by atoms with E-state index >= 15 is 0 Å². The molecule has 0 saturated heterocycles. The summed E-state index contributed by atoms with van der Waals surface area (Å²) in [5.41, 5.74) is -0.0733. The average Bonchev–Trinajstić information content (AvgIpc) is 2.92. The van der Waals surface area contributed by atoms with Crippen molar-refractivity contribution in [2.75, 3.05) is 14.1 Å². The van der Waals surface area contributed by atoms with Crippen LogP contribution in [0.15, 0.2) is 21.6 Å². The number of carbonyl (C=O) groups excluding carboxylic acids is 1. The molecule has 1 unspecified atom stereocenters. The quantitative estimate of drug-likeness (QED) is 0.762. The molecule has 0 saturated carbocycles. The minimum Gasteiger partial charge on any atom is -0.480 e. The summed E-state index contributed by atoms with van der Waals surface area (Å²) in [4.78, 5) is 23.4. The smallest absolute Gasteiger partial charge is 0.326 e. The van der Waals surface area contributed by atoms with E-state index in [1.807, 2.05) is 20.8 Å². The van der Waals surface area contributed by atoms with Gasteiger partial charge in [0.15, 0.2) is 5.76 Å². The summed E-state index contributed by atoms with van der Waals surface area (Å²) in [6, 6.07) is 1.29. The van der Waals surface area contributed by atoms with Crippen LogP contribution in [0.5, 0.6) is 0 Å². The second kappa shape index (κ2) is 7.35. The fourth-order valence-corrected chi connectivity index (χ4v) is 2.62. The van der Waals surface area contributed by atoms with Crippen molar-refractivity contribution in [3.8, 4) is 0 Å². The van der Waals surface area contributed by atoms with E-state index in [0.29, 0.717) is 6.42 Å². The Labute approximate surface area is 141 Å². The first-order chi connectivity index (χ1) is 10.8. The number of amides is 1. The minimum absolute atomic E-state index is 0.0733. The van der Waals surface area contributed by atoms with Gasteiger partial charge in [-0.2, -0.15) is 0 Å². The van der Waals surface area contributed by atoms with Gasteiger partial charge in [0.2, 0.25) is 5.09 Å². The first-order valence-electron chi connectivity index (χ1n) is 7.40. The highest BCUT2D eigenvalue weighted by Crippen LogP contribution is 2.22. The van der Waals surface area contributed by atoms with E-state index in [2.05, 4.69) is 5.32 Å². The number of carboxylic acid groups (broad SMARTS) is 1. The van der Waals surface area contributed by atoms with Gasteiger partial charge >= 0.3 is 5.97 Å². The lowest BCUT2D eigenvalue weighted by atomic mass is 9.88. The maximum atomic E-state index is 12.1. The average molecular weight is 360 g/mol. The molecule has 0 aliphatic carbocycles. The Morgan fingerprint density at radius 3 is 2.33 bits per heavy atom. The van der Waals surface area contributed by atoms with Crippen molar-refractivity contribution >= 4 is 21.9 Å². The van der Waals surface area contributed by atoms with Gasteiger partial charge in [0.1, 0.15) is 6.04 Å². The standard InChI is InChI=1S/C15H24N2O6S/c1-15(2,3)9-8-10(14(19)20)16-13(18)11-6-7-12(23-11)24(21,22)17(4)5/h6-7,10H,8-9H2,1-5H3,(H,16,18)(H,19,20). The van der Waals surface area contributed by atoms with Crippen LogP contribution in [-0.2, 0) is 14.8 Å². The number of aliphatic carboxylic acids is 1. The third-order valence-corrected chi connectivity index (χ3v) is 5.02. The number of hydrogen-bond donors (Lipinski definition) is 2. The molecule has 1 amide bonds. The van der Waals surface area contributed by atoms with E-state index < -0.39 is 27.9 Å². The molecule has 0 aromatic carbocycles. The first-order valence-corrected chi connectivity index (χ1v) is 8.84. The minimum atomic E-state index is -3.79. The molecule has 2 N–H and O–H groups in total. The van der Waals surface area contributed by atoms with Crippen LogP contribution in [0.1, 0.15) is 44.2 Å². The normalized spacial score (nSPS) is 13.8. The van der Waals surface area contributed by atoms with Crippen molar-refractivity contribution in [1.29, 1.82) is 0 Å². The number of nitrogens with one attached hydrogen (secondary N) is 1. The van der Waals surface area contributed by atoms with Gasteiger partial charge in [-0.1, -0.05) is 20.8 Å². The van der Waals surface area contributed by atoms with E-state index in [9.17, 15) is 23.1 Å². The number of hydrogen-bond acceptors (Lipinski definition) is 5. The highest BCUT2D eigenvalue weighted by molar-refractivity contribution is 7.88. The lowest BCUT2D eigenvalue weighted by Gasteiger charge is -2.21. The lowest BCUT2D eigenvalue weighted by Crippen LogP contribution is -2.41.